The standard InChI is InChI=1S/C21H27N5O/c1-15-5-3-8-18(16(15)2)25-11-13-26(14-12-25)20-10-9-19(23-24-20)22-21(27)17-6-4-7-17/h3,5,8-10,17H,4,6-7,11-14H2,1-2H3,(H,22,23,27). The third-order valence-electron chi connectivity index (χ3n) is 5.90. The van der Waals surface area contributed by atoms with Crippen molar-refractivity contribution in [1.82, 2.24) is 10.2 Å². The normalized spacial score (nSPS) is 17.6. The van der Waals surface area contributed by atoms with Crippen LogP contribution in [0.25, 0.3) is 0 Å². The number of hydrogen-bond acceptors (Lipinski definition) is 5. The van der Waals surface area contributed by atoms with Crippen LogP contribution in [-0.2, 0) is 4.79 Å². The van der Waals surface area contributed by atoms with Crippen LogP contribution >= 0.6 is 0 Å². The van der Waals surface area contributed by atoms with Gasteiger partial charge in [-0.1, -0.05) is 18.6 Å². The fourth-order valence-electron chi connectivity index (χ4n) is 3.71. The summed E-state index contributed by atoms with van der Waals surface area (Å²) in [6.07, 6.45) is 3.13. The van der Waals surface area contributed by atoms with Gasteiger partial charge in [-0.25, -0.2) is 0 Å². The first kappa shape index (κ1) is 17.8. The molecule has 0 unspecified atom stereocenters. The van der Waals surface area contributed by atoms with Crippen molar-refractivity contribution in [2.24, 2.45) is 5.92 Å². The highest BCUT2D eigenvalue weighted by atomic mass is 16.2. The van der Waals surface area contributed by atoms with E-state index >= 15 is 0 Å². The third kappa shape index (κ3) is 3.75. The second kappa shape index (κ2) is 7.55. The summed E-state index contributed by atoms with van der Waals surface area (Å²) < 4.78 is 0. The van der Waals surface area contributed by atoms with Crippen LogP contribution < -0.4 is 15.1 Å². The summed E-state index contributed by atoms with van der Waals surface area (Å²) in [4.78, 5) is 16.7. The van der Waals surface area contributed by atoms with Crippen molar-refractivity contribution in [3.05, 3.63) is 41.5 Å². The number of carbonyl (C=O) groups is 1. The summed E-state index contributed by atoms with van der Waals surface area (Å²) >= 11 is 0. The van der Waals surface area contributed by atoms with Crippen molar-refractivity contribution in [2.45, 2.75) is 33.1 Å². The molecule has 1 saturated heterocycles. The number of nitrogens with zero attached hydrogens (tertiary/aromatic N) is 4. The van der Waals surface area contributed by atoms with Crippen LogP contribution in [-0.4, -0.2) is 42.3 Å². The first-order valence-corrected chi connectivity index (χ1v) is 9.82. The van der Waals surface area contributed by atoms with E-state index in [1.54, 1.807) is 0 Å². The minimum absolute atomic E-state index is 0.0745. The molecule has 2 aromatic rings. The van der Waals surface area contributed by atoms with Gasteiger partial charge in [-0.15, -0.1) is 10.2 Å². The summed E-state index contributed by atoms with van der Waals surface area (Å²) in [5.41, 5.74) is 4.02. The summed E-state index contributed by atoms with van der Waals surface area (Å²) in [6, 6.07) is 10.3. The Morgan fingerprint density at radius 1 is 1.00 bits per heavy atom. The summed E-state index contributed by atoms with van der Waals surface area (Å²) in [5, 5.41) is 11.4. The molecule has 1 aliphatic carbocycles. The molecule has 2 fully saturated rings. The lowest BCUT2D eigenvalue weighted by Crippen LogP contribution is -2.47. The van der Waals surface area contributed by atoms with Crippen LogP contribution in [0.5, 0.6) is 0 Å². The lowest BCUT2D eigenvalue weighted by molar-refractivity contribution is -0.122. The predicted octanol–water partition coefficient (Wildman–Crippen LogP) is 3.16. The quantitative estimate of drug-likeness (QED) is 0.902. The van der Waals surface area contributed by atoms with Crippen LogP contribution in [0.4, 0.5) is 17.3 Å². The number of anilines is 3. The number of nitrogens with one attached hydrogen (secondary N) is 1. The Balaban J connectivity index is 1.35. The van der Waals surface area contributed by atoms with Gasteiger partial charge in [-0.05, 0) is 56.0 Å². The Kier molecular flexibility index (Phi) is 4.97. The maximum atomic E-state index is 12.0. The molecule has 1 aromatic carbocycles. The Bertz CT molecular complexity index is 808. The van der Waals surface area contributed by atoms with Crippen LogP contribution in [0.3, 0.4) is 0 Å². The van der Waals surface area contributed by atoms with E-state index < -0.39 is 0 Å². The van der Waals surface area contributed by atoms with Crippen molar-refractivity contribution in [3.8, 4) is 0 Å². The van der Waals surface area contributed by atoms with Gasteiger partial charge in [0.25, 0.3) is 0 Å². The third-order valence-corrected chi connectivity index (χ3v) is 5.90. The zero-order valence-electron chi connectivity index (χ0n) is 16.1. The molecule has 1 amide bonds. The average molecular weight is 365 g/mol. The predicted molar refractivity (Wildman–Crippen MR) is 108 cm³/mol. The number of carbonyl (C=O) groups excluding carboxylic acids is 1. The molecule has 1 aromatic heterocycles. The molecule has 6 heteroatoms. The fourth-order valence-corrected chi connectivity index (χ4v) is 3.71. The first-order chi connectivity index (χ1) is 13.1. The van der Waals surface area contributed by atoms with E-state index in [9.17, 15) is 4.79 Å². The van der Waals surface area contributed by atoms with E-state index in [-0.39, 0.29) is 11.8 Å². The Morgan fingerprint density at radius 3 is 2.37 bits per heavy atom. The monoisotopic (exact) mass is 365 g/mol. The fraction of sp³-hybridized carbons (Fsp3) is 0.476. The van der Waals surface area contributed by atoms with E-state index in [2.05, 4.69) is 57.4 Å². The molecule has 0 atom stereocenters. The minimum Gasteiger partial charge on any atom is -0.368 e. The van der Waals surface area contributed by atoms with E-state index in [0.29, 0.717) is 5.82 Å². The molecule has 1 N–H and O–H groups in total. The number of aryl methyl sites for hydroxylation is 1. The topological polar surface area (TPSA) is 61.4 Å². The van der Waals surface area contributed by atoms with Crippen LogP contribution in [0.2, 0.25) is 0 Å². The molecule has 6 nitrogen and oxygen atoms in total. The van der Waals surface area contributed by atoms with Gasteiger partial charge in [0.2, 0.25) is 5.91 Å². The SMILES string of the molecule is Cc1cccc(N2CCN(c3ccc(NC(=O)C4CCC4)nn3)CC2)c1C. The smallest absolute Gasteiger partial charge is 0.228 e. The number of amides is 1. The molecular formula is C21H27N5O. The van der Waals surface area contributed by atoms with Crippen LogP contribution in [0.15, 0.2) is 30.3 Å². The molecule has 1 saturated carbocycles. The molecule has 0 spiro atoms. The van der Waals surface area contributed by atoms with E-state index in [1.807, 2.05) is 12.1 Å². The van der Waals surface area contributed by atoms with Crippen LogP contribution in [0, 0.1) is 19.8 Å². The highest BCUT2D eigenvalue weighted by Gasteiger charge is 2.25. The van der Waals surface area contributed by atoms with Gasteiger partial charge in [0.15, 0.2) is 11.6 Å². The van der Waals surface area contributed by atoms with Gasteiger partial charge < -0.3 is 15.1 Å². The zero-order valence-corrected chi connectivity index (χ0v) is 16.1. The molecule has 4 rings (SSSR count). The lowest BCUT2D eigenvalue weighted by atomic mass is 9.85. The second-order valence-corrected chi connectivity index (χ2v) is 7.59. The zero-order chi connectivity index (χ0) is 18.8. The van der Waals surface area contributed by atoms with Crippen LogP contribution in [0.1, 0.15) is 30.4 Å². The van der Waals surface area contributed by atoms with Crippen molar-refractivity contribution >= 4 is 23.2 Å². The second-order valence-electron chi connectivity index (χ2n) is 7.59. The maximum Gasteiger partial charge on any atom is 0.228 e. The Morgan fingerprint density at radius 2 is 1.74 bits per heavy atom. The van der Waals surface area contributed by atoms with Crippen molar-refractivity contribution in [2.75, 3.05) is 41.3 Å². The number of piperazine rings is 1. The number of benzene rings is 1. The average Bonchev–Trinajstić information content (AvgIpc) is 2.63. The van der Waals surface area contributed by atoms with Gasteiger partial charge in [0.1, 0.15) is 0 Å². The molecule has 0 bridgehead atoms. The van der Waals surface area contributed by atoms with Crippen molar-refractivity contribution < 1.29 is 4.79 Å². The molecule has 27 heavy (non-hydrogen) atoms. The summed E-state index contributed by atoms with van der Waals surface area (Å²) in [6.45, 7) is 8.11. The highest BCUT2D eigenvalue weighted by Crippen LogP contribution is 2.28. The van der Waals surface area contributed by atoms with E-state index in [1.165, 1.54) is 16.8 Å². The summed E-state index contributed by atoms with van der Waals surface area (Å²) in [5.74, 6) is 1.65. The lowest BCUT2D eigenvalue weighted by Gasteiger charge is -2.37. The molecule has 2 heterocycles. The molecule has 2 aliphatic rings. The van der Waals surface area contributed by atoms with Gasteiger partial charge in [-0.3, -0.25) is 4.79 Å². The molecular weight excluding hydrogens is 338 g/mol. The number of aromatic nitrogens is 2. The van der Waals surface area contributed by atoms with Gasteiger partial charge >= 0.3 is 0 Å². The van der Waals surface area contributed by atoms with Crippen molar-refractivity contribution in [3.63, 3.8) is 0 Å². The van der Waals surface area contributed by atoms with E-state index in [4.69, 9.17) is 0 Å². The maximum absolute atomic E-state index is 12.0. The Hall–Kier alpha value is -2.63. The molecule has 0 radical (unpaired) electrons. The number of hydrogen-bond donors (Lipinski definition) is 1. The van der Waals surface area contributed by atoms with Gasteiger partial charge in [0.05, 0.1) is 0 Å². The van der Waals surface area contributed by atoms with Crippen molar-refractivity contribution in [1.29, 1.82) is 0 Å². The molecule has 142 valence electrons. The highest BCUT2D eigenvalue weighted by molar-refractivity contribution is 5.92. The summed E-state index contributed by atoms with van der Waals surface area (Å²) in [7, 11) is 0. The van der Waals surface area contributed by atoms with E-state index in [0.717, 1.165) is 51.3 Å². The van der Waals surface area contributed by atoms with Gasteiger partial charge in [-0.2, -0.15) is 0 Å². The van der Waals surface area contributed by atoms with Gasteiger partial charge in [0, 0.05) is 37.8 Å². The Labute approximate surface area is 160 Å². The minimum atomic E-state index is 0.0745. The molecule has 1 aliphatic heterocycles. The number of rotatable bonds is 4. The largest absolute Gasteiger partial charge is 0.368 e. The first-order valence-electron chi connectivity index (χ1n) is 9.82.